The standard InChI is InChI=1S/C11H14O2S/c1-11(2,3)13-10(14)8-4-6-9(12)7-5-8/h4-7,12H,1-3H3. The van der Waals surface area contributed by atoms with Crippen molar-refractivity contribution in [2.75, 3.05) is 0 Å². The van der Waals surface area contributed by atoms with Crippen LogP contribution in [0.4, 0.5) is 0 Å². The molecule has 0 heterocycles. The molecule has 1 aromatic carbocycles. The van der Waals surface area contributed by atoms with Crippen molar-refractivity contribution in [2.24, 2.45) is 0 Å². The van der Waals surface area contributed by atoms with E-state index in [1.807, 2.05) is 20.8 Å². The number of thiocarbonyl (C=S) groups is 1. The Hall–Kier alpha value is -1.09. The van der Waals surface area contributed by atoms with Crippen molar-refractivity contribution in [3.8, 4) is 5.75 Å². The number of phenolic OH excluding ortho intramolecular Hbond substituents is 1. The quantitative estimate of drug-likeness (QED) is 0.723. The zero-order chi connectivity index (χ0) is 10.8. The van der Waals surface area contributed by atoms with E-state index < -0.39 is 0 Å². The molecular formula is C11H14O2S. The normalized spacial score (nSPS) is 11.1. The highest BCUT2D eigenvalue weighted by molar-refractivity contribution is 7.80. The second kappa shape index (κ2) is 3.96. The molecule has 0 amide bonds. The number of aromatic hydroxyl groups is 1. The molecule has 1 aromatic rings. The summed E-state index contributed by atoms with van der Waals surface area (Å²) >= 11 is 5.11. The van der Waals surface area contributed by atoms with Gasteiger partial charge in [-0.3, -0.25) is 0 Å². The molecule has 0 saturated carbocycles. The lowest BCUT2D eigenvalue weighted by Crippen LogP contribution is -2.23. The first-order valence-corrected chi connectivity index (χ1v) is 4.82. The second-order valence-corrected chi connectivity index (χ2v) is 4.42. The molecule has 0 aliphatic rings. The minimum absolute atomic E-state index is 0.229. The summed E-state index contributed by atoms with van der Waals surface area (Å²) in [5, 5.41) is 9.54. The first-order chi connectivity index (χ1) is 6.38. The van der Waals surface area contributed by atoms with Crippen LogP contribution in [0.25, 0.3) is 0 Å². The van der Waals surface area contributed by atoms with Gasteiger partial charge in [-0.1, -0.05) is 0 Å². The smallest absolute Gasteiger partial charge is 0.191 e. The molecule has 1 rings (SSSR count). The van der Waals surface area contributed by atoms with Crippen LogP contribution in [0.5, 0.6) is 5.75 Å². The van der Waals surface area contributed by atoms with Crippen LogP contribution >= 0.6 is 12.2 Å². The average molecular weight is 210 g/mol. The Labute approximate surface area is 89.5 Å². The van der Waals surface area contributed by atoms with Crippen LogP contribution in [0.2, 0.25) is 0 Å². The minimum atomic E-state index is -0.283. The molecule has 0 aliphatic carbocycles. The fourth-order valence-corrected chi connectivity index (χ4v) is 1.32. The maximum Gasteiger partial charge on any atom is 0.191 e. The van der Waals surface area contributed by atoms with Crippen LogP contribution in [0.3, 0.4) is 0 Å². The third-order valence-electron chi connectivity index (χ3n) is 1.50. The third kappa shape index (κ3) is 3.34. The molecule has 3 heteroatoms. The Morgan fingerprint density at radius 1 is 1.21 bits per heavy atom. The molecule has 0 atom stereocenters. The van der Waals surface area contributed by atoms with E-state index >= 15 is 0 Å². The molecule has 76 valence electrons. The van der Waals surface area contributed by atoms with Crippen LogP contribution in [-0.2, 0) is 4.74 Å². The molecule has 0 aliphatic heterocycles. The van der Waals surface area contributed by atoms with Crippen LogP contribution in [0.1, 0.15) is 26.3 Å². The lowest BCUT2D eigenvalue weighted by atomic mass is 10.2. The summed E-state index contributed by atoms with van der Waals surface area (Å²) in [7, 11) is 0. The summed E-state index contributed by atoms with van der Waals surface area (Å²) in [6.45, 7) is 5.83. The topological polar surface area (TPSA) is 29.5 Å². The van der Waals surface area contributed by atoms with Gasteiger partial charge < -0.3 is 9.84 Å². The fourth-order valence-electron chi connectivity index (χ4n) is 0.935. The van der Waals surface area contributed by atoms with Crippen molar-refractivity contribution >= 4 is 17.3 Å². The Balaban J connectivity index is 2.76. The number of hydrogen-bond acceptors (Lipinski definition) is 3. The van der Waals surface area contributed by atoms with E-state index in [0.29, 0.717) is 5.05 Å². The largest absolute Gasteiger partial charge is 0.508 e. The lowest BCUT2D eigenvalue weighted by Gasteiger charge is -2.21. The van der Waals surface area contributed by atoms with Crippen molar-refractivity contribution in [2.45, 2.75) is 26.4 Å². The first kappa shape index (κ1) is 11.0. The van der Waals surface area contributed by atoms with E-state index in [1.165, 1.54) is 0 Å². The molecule has 0 spiro atoms. The highest BCUT2D eigenvalue weighted by Crippen LogP contribution is 2.15. The van der Waals surface area contributed by atoms with Crippen molar-refractivity contribution in [3.05, 3.63) is 29.8 Å². The predicted molar refractivity (Wildman–Crippen MR) is 60.6 cm³/mol. The number of phenols is 1. The zero-order valence-corrected chi connectivity index (χ0v) is 9.39. The van der Waals surface area contributed by atoms with Gasteiger partial charge in [-0.05, 0) is 57.3 Å². The van der Waals surface area contributed by atoms with Gasteiger partial charge in [0.05, 0.1) is 0 Å². The van der Waals surface area contributed by atoms with E-state index in [0.717, 1.165) is 5.56 Å². The minimum Gasteiger partial charge on any atom is -0.508 e. The Kier molecular flexibility index (Phi) is 3.11. The Morgan fingerprint density at radius 3 is 2.14 bits per heavy atom. The van der Waals surface area contributed by atoms with Gasteiger partial charge in [-0.25, -0.2) is 0 Å². The average Bonchev–Trinajstić information content (AvgIpc) is 2.02. The molecule has 14 heavy (non-hydrogen) atoms. The molecule has 0 bridgehead atoms. The van der Waals surface area contributed by atoms with Crippen molar-refractivity contribution in [3.63, 3.8) is 0 Å². The van der Waals surface area contributed by atoms with Gasteiger partial charge in [0.15, 0.2) is 5.05 Å². The fraction of sp³-hybridized carbons (Fsp3) is 0.364. The predicted octanol–water partition coefficient (Wildman–Crippen LogP) is 2.88. The highest BCUT2D eigenvalue weighted by Gasteiger charge is 2.14. The van der Waals surface area contributed by atoms with E-state index in [4.69, 9.17) is 22.1 Å². The Morgan fingerprint density at radius 2 is 1.71 bits per heavy atom. The van der Waals surface area contributed by atoms with Gasteiger partial charge in [0.1, 0.15) is 11.4 Å². The summed E-state index contributed by atoms with van der Waals surface area (Å²) in [5.41, 5.74) is 0.530. The molecule has 1 N–H and O–H groups in total. The second-order valence-electron chi connectivity index (χ2n) is 4.05. The number of ether oxygens (including phenoxy) is 1. The van der Waals surface area contributed by atoms with Crippen LogP contribution < -0.4 is 0 Å². The Bertz CT molecular complexity index is 322. The van der Waals surface area contributed by atoms with Gasteiger partial charge in [0, 0.05) is 5.56 Å². The van der Waals surface area contributed by atoms with Gasteiger partial charge in [-0.15, -0.1) is 0 Å². The van der Waals surface area contributed by atoms with Crippen LogP contribution in [0, 0.1) is 0 Å². The van der Waals surface area contributed by atoms with Gasteiger partial charge in [0.2, 0.25) is 0 Å². The first-order valence-electron chi connectivity index (χ1n) is 4.41. The SMILES string of the molecule is CC(C)(C)OC(=S)c1ccc(O)cc1. The molecule has 0 unspecified atom stereocenters. The van der Waals surface area contributed by atoms with E-state index in [9.17, 15) is 0 Å². The summed E-state index contributed by atoms with van der Waals surface area (Å²) in [6.07, 6.45) is 0. The summed E-state index contributed by atoms with van der Waals surface area (Å²) < 4.78 is 5.51. The number of rotatable bonds is 1. The zero-order valence-electron chi connectivity index (χ0n) is 8.57. The highest BCUT2D eigenvalue weighted by atomic mass is 32.1. The number of hydrogen-bond donors (Lipinski definition) is 1. The van der Waals surface area contributed by atoms with Crippen molar-refractivity contribution < 1.29 is 9.84 Å². The van der Waals surface area contributed by atoms with Gasteiger partial charge in [0.25, 0.3) is 0 Å². The molecule has 0 fully saturated rings. The van der Waals surface area contributed by atoms with Crippen LogP contribution in [0.15, 0.2) is 24.3 Å². The van der Waals surface area contributed by atoms with Gasteiger partial charge in [-0.2, -0.15) is 0 Å². The number of benzene rings is 1. The lowest BCUT2D eigenvalue weighted by molar-refractivity contribution is 0.122. The van der Waals surface area contributed by atoms with Crippen molar-refractivity contribution in [1.82, 2.24) is 0 Å². The van der Waals surface area contributed by atoms with Crippen molar-refractivity contribution in [1.29, 1.82) is 0 Å². The summed E-state index contributed by atoms with van der Waals surface area (Å²) in [4.78, 5) is 0. The van der Waals surface area contributed by atoms with Gasteiger partial charge >= 0.3 is 0 Å². The monoisotopic (exact) mass is 210 g/mol. The molecule has 0 saturated heterocycles. The van der Waals surface area contributed by atoms with E-state index in [1.54, 1.807) is 24.3 Å². The van der Waals surface area contributed by atoms with E-state index in [-0.39, 0.29) is 11.4 Å². The molecule has 0 radical (unpaired) electrons. The molecule has 0 aromatic heterocycles. The molecule has 2 nitrogen and oxygen atoms in total. The summed E-state index contributed by atoms with van der Waals surface area (Å²) in [6, 6.07) is 6.66. The van der Waals surface area contributed by atoms with E-state index in [2.05, 4.69) is 0 Å². The third-order valence-corrected chi connectivity index (χ3v) is 1.82. The summed E-state index contributed by atoms with van der Waals surface area (Å²) in [5.74, 6) is 0.229. The maximum atomic E-state index is 9.09. The maximum absolute atomic E-state index is 9.09. The molecular weight excluding hydrogens is 196 g/mol. The van der Waals surface area contributed by atoms with Crippen LogP contribution in [-0.4, -0.2) is 15.8 Å².